The van der Waals surface area contributed by atoms with Gasteiger partial charge in [-0.05, 0) is 31.4 Å². The number of thiazole rings is 1. The van der Waals surface area contributed by atoms with Crippen LogP contribution in [0.3, 0.4) is 0 Å². The summed E-state index contributed by atoms with van der Waals surface area (Å²) in [6.45, 7) is 2.35. The first-order valence-electron chi connectivity index (χ1n) is 6.12. The second kappa shape index (κ2) is 4.57. The van der Waals surface area contributed by atoms with Crippen LogP contribution >= 0.6 is 11.3 Å². The number of carbonyl (C=O) groups excluding carboxylic acids is 1. The standard InChI is InChI=1S/C13H15N3OS/c1-8-3-2-4-10-12(8)16-13(18-10)14-7-11(17)15-9-5-6-9/h2-4,9H,5-7H2,1H3,(H,14,16)(H,15,17). The summed E-state index contributed by atoms with van der Waals surface area (Å²) >= 11 is 1.59. The molecule has 0 aliphatic heterocycles. The summed E-state index contributed by atoms with van der Waals surface area (Å²) in [6.07, 6.45) is 2.23. The number of amides is 1. The lowest BCUT2D eigenvalue weighted by Crippen LogP contribution is -2.31. The van der Waals surface area contributed by atoms with Gasteiger partial charge in [-0.1, -0.05) is 23.5 Å². The highest BCUT2D eigenvalue weighted by Crippen LogP contribution is 2.27. The number of nitrogens with one attached hydrogen (secondary N) is 2. The highest BCUT2D eigenvalue weighted by molar-refractivity contribution is 7.22. The van der Waals surface area contributed by atoms with Crippen molar-refractivity contribution in [2.24, 2.45) is 0 Å². The number of para-hydroxylation sites is 1. The third kappa shape index (κ3) is 2.46. The molecule has 1 fully saturated rings. The Morgan fingerprint density at radius 1 is 1.50 bits per heavy atom. The number of rotatable bonds is 4. The van der Waals surface area contributed by atoms with Crippen LogP contribution in [0.5, 0.6) is 0 Å². The van der Waals surface area contributed by atoms with E-state index >= 15 is 0 Å². The molecule has 18 heavy (non-hydrogen) atoms. The van der Waals surface area contributed by atoms with Crippen LogP contribution in [-0.2, 0) is 4.79 Å². The van der Waals surface area contributed by atoms with Gasteiger partial charge in [-0.25, -0.2) is 4.98 Å². The average Bonchev–Trinajstić information content (AvgIpc) is 3.04. The minimum absolute atomic E-state index is 0.0495. The van der Waals surface area contributed by atoms with Gasteiger partial charge < -0.3 is 10.6 Å². The van der Waals surface area contributed by atoms with Gasteiger partial charge in [-0.2, -0.15) is 0 Å². The Hall–Kier alpha value is -1.62. The number of aryl methyl sites for hydroxylation is 1. The fourth-order valence-corrected chi connectivity index (χ4v) is 2.76. The normalized spacial score (nSPS) is 14.7. The Labute approximate surface area is 109 Å². The molecule has 1 heterocycles. The summed E-state index contributed by atoms with van der Waals surface area (Å²) in [6, 6.07) is 6.54. The molecule has 1 amide bonds. The molecule has 1 aromatic carbocycles. The zero-order valence-corrected chi connectivity index (χ0v) is 11.0. The van der Waals surface area contributed by atoms with E-state index in [1.54, 1.807) is 11.3 Å². The summed E-state index contributed by atoms with van der Waals surface area (Å²) in [5.41, 5.74) is 2.19. The van der Waals surface area contributed by atoms with Gasteiger partial charge in [0.1, 0.15) is 0 Å². The summed E-state index contributed by atoms with van der Waals surface area (Å²) in [4.78, 5) is 16.1. The van der Waals surface area contributed by atoms with Crippen LogP contribution in [0.25, 0.3) is 10.2 Å². The molecule has 5 heteroatoms. The summed E-state index contributed by atoms with van der Waals surface area (Å²) in [5, 5.41) is 6.84. The van der Waals surface area contributed by atoms with Gasteiger partial charge >= 0.3 is 0 Å². The van der Waals surface area contributed by atoms with E-state index in [-0.39, 0.29) is 5.91 Å². The van der Waals surface area contributed by atoms with Gasteiger partial charge in [0.2, 0.25) is 5.91 Å². The Bertz CT molecular complexity index is 589. The van der Waals surface area contributed by atoms with Crippen molar-refractivity contribution < 1.29 is 4.79 Å². The van der Waals surface area contributed by atoms with Crippen molar-refractivity contribution in [3.05, 3.63) is 23.8 Å². The van der Waals surface area contributed by atoms with E-state index in [9.17, 15) is 4.79 Å². The molecule has 2 N–H and O–H groups in total. The molecular formula is C13H15N3OS. The van der Waals surface area contributed by atoms with Crippen LogP contribution < -0.4 is 10.6 Å². The number of hydrogen-bond donors (Lipinski definition) is 2. The van der Waals surface area contributed by atoms with E-state index in [1.807, 2.05) is 19.1 Å². The van der Waals surface area contributed by atoms with Crippen LogP contribution in [0, 0.1) is 6.92 Å². The molecule has 2 aromatic rings. The van der Waals surface area contributed by atoms with E-state index in [2.05, 4.69) is 21.7 Å². The van der Waals surface area contributed by atoms with E-state index < -0.39 is 0 Å². The minimum atomic E-state index is 0.0495. The highest BCUT2D eigenvalue weighted by atomic mass is 32.1. The van der Waals surface area contributed by atoms with Gasteiger partial charge in [-0.15, -0.1) is 0 Å². The van der Waals surface area contributed by atoms with Crippen molar-refractivity contribution in [1.29, 1.82) is 0 Å². The Kier molecular flexibility index (Phi) is 2.91. The molecule has 0 radical (unpaired) electrons. The van der Waals surface area contributed by atoms with Crippen molar-refractivity contribution >= 4 is 32.6 Å². The van der Waals surface area contributed by atoms with Crippen molar-refractivity contribution in [1.82, 2.24) is 10.3 Å². The topological polar surface area (TPSA) is 54.0 Å². The number of hydrogen-bond acceptors (Lipinski definition) is 4. The second-order valence-electron chi connectivity index (χ2n) is 4.64. The first-order valence-corrected chi connectivity index (χ1v) is 6.93. The third-order valence-electron chi connectivity index (χ3n) is 2.96. The third-order valence-corrected chi connectivity index (χ3v) is 3.94. The minimum Gasteiger partial charge on any atom is -0.352 e. The quantitative estimate of drug-likeness (QED) is 0.888. The maximum atomic E-state index is 11.6. The Morgan fingerprint density at radius 3 is 3.06 bits per heavy atom. The number of aromatic nitrogens is 1. The lowest BCUT2D eigenvalue weighted by Gasteiger charge is -2.03. The number of nitrogens with zero attached hydrogens (tertiary/aromatic N) is 1. The average molecular weight is 261 g/mol. The van der Waals surface area contributed by atoms with E-state index in [0.717, 1.165) is 28.2 Å². The van der Waals surface area contributed by atoms with Crippen LogP contribution in [0.15, 0.2) is 18.2 Å². The fraction of sp³-hybridized carbons (Fsp3) is 0.385. The lowest BCUT2D eigenvalue weighted by molar-refractivity contribution is -0.119. The zero-order chi connectivity index (χ0) is 12.5. The smallest absolute Gasteiger partial charge is 0.239 e. The van der Waals surface area contributed by atoms with Crippen molar-refractivity contribution in [3.63, 3.8) is 0 Å². The first kappa shape index (κ1) is 11.5. The van der Waals surface area contributed by atoms with Crippen LogP contribution in [0.4, 0.5) is 5.13 Å². The summed E-state index contributed by atoms with van der Waals surface area (Å²) in [7, 11) is 0. The molecular weight excluding hydrogens is 246 g/mol. The summed E-state index contributed by atoms with van der Waals surface area (Å²) in [5.74, 6) is 0.0495. The van der Waals surface area contributed by atoms with Gasteiger partial charge in [-0.3, -0.25) is 4.79 Å². The number of fused-ring (bicyclic) bond motifs is 1. The van der Waals surface area contributed by atoms with Gasteiger partial charge in [0.05, 0.1) is 16.8 Å². The molecule has 0 atom stereocenters. The first-order chi connectivity index (χ1) is 8.72. The molecule has 4 nitrogen and oxygen atoms in total. The molecule has 94 valence electrons. The monoisotopic (exact) mass is 261 g/mol. The molecule has 1 aromatic heterocycles. The SMILES string of the molecule is Cc1cccc2sc(NCC(=O)NC3CC3)nc12. The molecule has 1 aliphatic rings. The predicted octanol–water partition coefficient (Wildman–Crippen LogP) is 2.30. The van der Waals surface area contributed by atoms with Gasteiger partial charge in [0, 0.05) is 6.04 Å². The second-order valence-corrected chi connectivity index (χ2v) is 5.67. The Morgan fingerprint density at radius 2 is 2.33 bits per heavy atom. The fourth-order valence-electron chi connectivity index (χ4n) is 1.82. The molecule has 0 saturated heterocycles. The summed E-state index contributed by atoms with van der Waals surface area (Å²) < 4.78 is 1.15. The highest BCUT2D eigenvalue weighted by Gasteiger charge is 2.22. The molecule has 0 spiro atoms. The predicted molar refractivity (Wildman–Crippen MR) is 74.0 cm³/mol. The van der Waals surface area contributed by atoms with Crippen LogP contribution in [0.1, 0.15) is 18.4 Å². The van der Waals surface area contributed by atoms with E-state index in [4.69, 9.17) is 0 Å². The van der Waals surface area contributed by atoms with Crippen molar-refractivity contribution in [3.8, 4) is 0 Å². The molecule has 3 rings (SSSR count). The Balaban J connectivity index is 1.66. The zero-order valence-electron chi connectivity index (χ0n) is 10.2. The lowest BCUT2D eigenvalue weighted by atomic mass is 10.2. The van der Waals surface area contributed by atoms with Crippen molar-refractivity contribution in [2.45, 2.75) is 25.8 Å². The number of carbonyl (C=O) groups is 1. The maximum Gasteiger partial charge on any atom is 0.239 e. The molecule has 0 bridgehead atoms. The van der Waals surface area contributed by atoms with Crippen LogP contribution in [0.2, 0.25) is 0 Å². The molecule has 1 aliphatic carbocycles. The number of anilines is 1. The van der Waals surface area contributed by atoms with E-state index in [0.29, 0.717) is 12.6 Å². The molecule has 0 unspecified atom stereocenters. The molecule has 1 saturated carbocycles. The van der Waals surface area contributed by atoms with Crippen molar-refractivity contribution in [2.75, 3.05) is 11.9 Å². The van der Waals surface area contributed by atoms with E-state index in [1.165, 1.54) is 5.56 Å². The van der Waals surface area contributed by atoms with Crippen LogP contribution in [-0.4, -0.2) is 23.5 Å². The largest absolute Gasteiger partial charge is 0.352 e. The maximum absolute atomic E-state index is 11.6. The number of benzene rings is 1. The van der Waals surface area contributed by atoms with Gasteiger partial charge in [0.25, 0.3) is 0 Å². The van der Waals surface area contributed by atoms with Gasteiger partial charge in [0.15, 0.2) is 5.13 Å².